The van der Waals surface area contributed by atoms with Crippen molar-refractivity contribution >= 4 is 50.9 Å². The molecular formula is C16H12BrN3O2S. The van der Waals surface area contributed by atoms with Crippen LogP contribution >= 0.6 is 27.7 Å². The van der Waals surface area contributed by atoms with Gasteiger partial charge in [0.05, 0.1) is 12.0 Å². The molecule has 0 saturated carbocycles. The zero-order chi connectivity index (χ0) is 16.1. The van der Waals surface area contributed by atoms with E-state index in [-0.39, 0.29) is 11.7 Å². The number of aromatic nitrogens is 1. The number of halogens is 1. The third kappa shape index (κ3) is 4.43. The molecule has 3 rings (SSSR count). The summed E-state index contributed by atoms with van der Waals surface area (Å²) >= 11 is 4.61. The molecule has 3 aromatic rings. The predicted molar refractivity (Wildman–Crippen MR) is 94.6 cm³/mol. The molecule has 0 bridgehead atoms. The summed E-state index contributed by atoms with van der Waals surface area (Å²) in [6, 6.07) is 15.1. The van der Waals surface area contributed by atoms with E-state index in [0.29, 0.717) is 10.8 Å². The molecule has 0 radical (unpaired) electrons. The lowest BCUT2D eigenvalue weighted by Gasteiger charge is -1.97. The van der Waals surface area contributed by atoms with Gasteiger partial charge < -0.3 is 4.42 Å². The number of carbonyl (C=O) groups is 1. The van der Waals surface area contributed by atoms with Gasteiger partial charge >= 0.3 is 0 Å². The third-order valence-corrected chi connectivity index (χ3v) is 4.17. The molecule has 0 aliphatic heterocycles. The minimum absolute atomic E-state index is 0.183. The van der Waals surface area contributed by atoms with Crippen LogP contribution in [0, 0.1) is 0 Å². The predicted octanol–water partition coefficient (Wildman–Crippen LogP) is 3.83. The van der Waals surface area contributed by atoms with Crippen LogP contribution in [0.4, 0.5) is 0 Å². The summed E-state index contributed by atoms with van der Waals surface area (Å²) in [4.78, 5) is 16.1. The molecule has 7 heteroatoms. The topological polar surface area (TPSA) is 67.5 Å². The summed E-state index contributed by atoms with van der Waals surface area (Å²) in [5.41, 5.74) is 4.87. The Kier molecular flexibility index (Phi) is 5.09. The first-order valence-corrected chi connectivity index (χ1v) is 8.54. The maximum atomic E-state index is 11.8. The van der Waals surface area contributed by atoms with E-state index in [1.807, 2.05) is 48.5 Å². The minimum atomic E-state index is -0.219. The van der Waals surface area contributed by atoms with Crippen molar-refractivity contribution < 1.29 is 9.21 Å². The molecule has 0 atom stereocenters. The molecule has 1 N–H and O–H groups in total. The van der Waals surface area contributed by atoms with Crippen LogP contribution < -0.4 is 5.43 Å². The Morgan fingerprint density at radius 2 is 2.17 bits per heavy atom. The SMILES string of the molecule is O=C(CSc1nc2ccccc2o1)N/N=C\c1cccc(Br)c1. The number of oxazole rings is 1. The molecule has 0 aliphatic carbocycles. The average Bonchev–Trinajstić information content (AvgIpc) is 2.96. The molecule has 0 spiro atoms. The van der Waals surface area contributed by atoms with Crippen molar-refractivity contribution in [3.63, 3.8) is 0 Å². The van der Waals surface area contributed by atoms with E-state index in [1.165, 1.54) is 11.8 Å². The number of fused-ring (bicyclic) bond motifs is 1. The van der Waals surface area contributed by atoms with Crippen LogP contribution in [0.5, 0.6) is 0 Å². The highest BCUT2D eigenvalue weighted by molar-refractivity contribution is 9.10. The van der Waals surface area contributed by atoms with Crippen LogP contribution in [0.15, 0.2) is 67.7 Å². The van der Waals surface area contributed by atoms with Gasteiger partial charge in [0.15, 0.2) is 5.58 Å². The van der Waals surface area contributed by atoms with Crippen LogP contribution in [0.1, 0.15) is 5.56 Å². The largest absolute Gasteiger partial charge is 0.431 e. The first kappa shape index (κ1) is 15.8. The van der Waals surface area contributed by atoms with Crippen molar-refractivity contribution in [3.8, 4) is 0 Å². The average molecular weight is 390 g/mol. The number of nitrogens with one attached hydrogen (secondary N) is 1. The number of hydrazone groups is 1. The van der Waals surface area contributed by atoms with E-state index < -0.39 is 0 Å². The van der Waals surface area contributed by atoms with Crippen LogP contribution in [0.2, 0.25) is 0 Å². The van der Waals surface area contributed by atoms with Gasteiger partial charge in [-0.05, 0) is 29.8 Å². The second-order valence-electron chi connectivity index (χ2n) is 4.58. The molecule has 1 amide bonds. The Morgan fingerprint density at radius 3 is 3.00 bits per heavy atom. The quantitative estimate of drug-likeness (QED) is 0.409. The lowest BCUT2D eigenvalue weighted by molar-refractivity contribution is -0.118. The summed E-state index contributed by atoms with van der Waals surface area (Å²) < 4.78 is 6.49. The highest BCUT2D eigenvalue weighted by Gasteiger charge is 2.08. The van der Waals surface area contributed by atoms with Gasteiger partial charge in [-0.1, -0.05) is 52.0 Å². The van der Waals surface area contributed by atoms with E-state index in [9.17, 15) is 4.79 Å². The van der Waals surface area contributed by atoms with Crippen molar-refractivity contribution in [2.45, 2.75) is 5.22 Å². The zero-order valence-corrected chi connectivity index (χ0v) is 14.3. The number of amides is 1. The smallest absolute Gasteiger partial charge is 0.257 e. The molecule has 1 heterocycles. The van der Waals surface area contributed by atoms with Gasteiger partial charge in [0, 0.05) is 4.47 Å². The molecule has 116 valence electrons. The zero-order valence-electron chi connectivity index (χ0n) is 11.9. The number of para-hydroxylation sites is 2. The monoisotopic (exact) mass is 389 g/mol. The lowest BCUT2D eigenvalue weighted by Crippen LogP contribution is -2.19. The Balaban J connectivity index is 1.51. The highest BCUT2D eigenvalue weighted by atomic mass is 79.9. The first-order valence-electron chi connectivity index (χ1n) is 6.76. The summed E-state index contributed by atoms with van der Waals surface area (Å²) in [5, 5.41) is 4.40. The first-order chi connectivity index (χ1) is 11.2. The standard InChI is InChI=1S/C16H12BrN3O2S/c17-12-5-3-4-11(8-12)9-18-20-15(21)10-23-16-19-13-6-1-2-7-14(13)22-16/h1-9H,10H2,(H,20,21)/b18-9-. The van der Waals surface area contributed by atoms with Gasteiger partial charge in [-0.15, -0.1) is 0 Å². The van der Waals surface area contributed by atoms with Crippen LogP contribution in [-0.4, -0.2) is 22.9 Å². The van der Waals surface area contributed by atoms with Gasteiger partial charge in [-0.2, -0.15) is 5.10 Å². The molecule has 2 aromatic carbocycles. The Labute approximate surface area is 145 Å². The summed E-state index contributed by atoms with van der Waals surface area (Å²) in [7, 11) is 0. The summed E-state index contributed by atoms with van der Waals surface area (Å²) in [6.07, 6.45) is 1.59. The van der Waals surface area contributed by atoms with E-state index in [4.69, 9.17) is 4.42 Å². The van der Waals surface area contributed by atoms with Crippen LogP contribution in [0.3, 0.4) is 0 Å². The molecule has 0 unspecified atom stereocenters. The van der Waals surface area contributed by atoms with Crippen molar-refractivity contribution in [2.24, 2.45) is 5.10 Å². The van der Waals surface area contributed by atoms with Gasteiger partial charge in [0.2, 0.25) is 0 Å². The maximum Gasteiger partial charge on any atom is 0.257 e. The van der Waals surface area contributed by atoms with Crippen molar-refractivity contribution in [3.05, 3.63) is 58.6 Å². The number of hydrogen-bond donors (Lipinski definition) is 1. The fraction of sp³-hybridized carbons (Fsp3) is 0.0625. The third-order valence-electron chi connectivity index (χ3n) is 2.85. The second kappa shape index (κ2) is 7.43. The van der Waals surface area contributed by atoms with E-state index in [1.54, 1.807) is 6.21 Å². The molecule has 0 aliphatic rings. The van der Waals surface area contributed by atoms with Crippen LogP contribution in [0.25, 0.3) is 11.1 Å². The van der Waals surface area contributed by atoms with E-state index in [0.717, 1.165) is 15.6 Å². The molecule has 5 nitrogen and oxygen atoms in total. The van der Waals surface area contributed by atoms with Crippen molar-refractivity contribution in [2.75, 3.05) is 5.75 Å². The fourth-order valence-corrected chi connectivity index (χ4v) is 2.89. The van der Waals surface area contributed by atoms with Crippen molar-refractivity contribution in [1.29, 1.82) is 0 Å². The second-order valence-corrected chi connectivity index (χ2v) is 6.43. The number of carbonyl (C=O) groups excluding carboxylic acids is 1. The lowest BCUT2D eigenvalue weighted by atomic mass is 10.2. The van der Waals surface area contributed by atoms with Gasteiger partial charge in [-0.3, -0.25) is 4.79 Å². The van der Waals surface area contributed by atoms with E-state index >= 15 is 0 Å². The number of rotatable bonds is 5. The van der Waals surface area contributed by atoms with E-state index in [2.05, 4.69) is 31.4 Å². The van der Waals surface area contributed by atoms with Gasteiger partial charge in [-0.25, -0.2) is 10.4 Å². The van der Waals surface area contributed by atoms with Gasteiger partial charge in [0.1, 0.15) is 5.52 Å². The molecule has 1 aromatic heterocycles. The van der Waals surface area contributed by atoms with Crippen molar-refractivity contribution in [1.82, 2.24) is 10.4 Å². The molecule has 23 heavy (non-hydrogen) atoms. The molecule has 0 fully saturated rings. The van der Waals surface area contributed by atoms with Gasteiger partial charge in [0.25, 0.3) is 11.1 Å². The minimum Gasteiger partial charge on any atom is -0.431 e. The maximum absolute atomic E-state index is 11.8. The number of nitrogens with zero attached hydrogens (tertiary/aromatic N) is 2. The highest BCUT2D eigenvalue weighted by Crippen LogP contribution is 2.22. The normalized spacial score (nSPS) is 11.2. The molecule has 0 saturated heterocycles. The fourth-order valence-electron chi connectivity index (χ4n) is 1.84. The molecular weight excluding hydrogens is 378 g/mol. The number of thioether (sulfide) groups is 1. The summed E-state index contributed by atoms with van der Waals surface area (Å²) in [5.74, 6) is -0.0358. The Bertz CT molecular complexity index is 830. The Morgan fingerprint density at radius 1 is 1.30 bits per heavy atom. The number of hydrogen-bond acceptors (Lipinski definition) is 5. The van der Waals surface area contributed by atoms with Crippen LogP contribution in [-0.2, 0) is 4.79 Å². The summed E-state index contributed by atoms with van der Waals surface area (Å²) in [6.45, 7) is 0. The number of benzene rings is 2. The Hall–Kier alpha value is -2.12.